The zero-order valence-corrected chi connectivity index (χ0v) is 4.10. The van der Waals surface area contributed by atoms with Gasteiger partial charge in [-0.15, -0.1) is 0 Å². The normalized spacial score (nSPS) is 11.0. The molecule has 0 amide bonds. The molecule has 0 bridgehead atoms. The van der Waals surface area contributed by atoms with Crippen LogP contribution in [0.5, 0.6) is 0 Å². The Hall–Kier alpha value is -0.940. The lowest BCUT2D eigenvalue weighted by atomic mass is 10.7. The third-order valence-corrected chi connectivity index (χ3v) is 0.359. The first kappa shape index (κ1) is 8.06. The van der Waals surface area contributed by atoms with Crippen LogP contribution < -0.4 is 0 Å². The Morgan fingerprint density at radius 2 is 2.00 bits per heavy atom. The molecular formula is C3H3F3O3. The summed E-state index contributed by atoms with van der Waals surface area (Å²) in [5.41, 5.74) is 0. The van der Waals surface area contributed by atoms with Crippen molar-refractivity contribution in [1.82, 2.24) is 0 Å². The molecule has 0 aliphatic heterocycles. The lowest BCUT2D eigenvalue weighted by molar-refractivity contribution is -0.163. The van der Waals surface area contributed by atoms with Gasteiger partial charge in [-0.1, -0.05) is 0 Å². The summed E-state index contributed by atoms with van der Waals surface area (Å²) in [6.07, 6.45) is -6.49. The summed E-state index contributed by atoms with van der Waals surface area (Å²) in [5, 5.41) is 7.55. The van der Waals surface area contributed by atoms with Crippen LogP contribution in [0.2, 0.25) is 0 Å². The molecule has 0 aromatic rings. The molecule has 6 heteroatoms. The first-order valence-corrected chi connectivity index (χ1v) is 1.84. The van der Waals surface area contributed by atoms with Crippen LogP contribution in [0.25, 0.3) is 0 Å². The van der Waals surface area contributed by atoms with E-state index in [0.29, 0.717) is 0 Å². The van der Waals surface area contributed by atoms with E-state index in [2.05, 4.69) is 4.74 Å². The molecule has 0 aliphatic carbocycles. The standard InChI is InChI=1S/C3H3F3O3/c4-3(5,6)1-9-2(7)8/h1H2,(H,7,8). The maximum Gasteiger partial charge on any atom is 0.506 e. The highest BCUT2D eigenvalue weighted by Gasteiger charge is 2.29. The van der Waals surface area contributed by atoms with Crippen LogP contribution in [0.1, 0.15) is 0 Å². The molecule has 0 saturated heterocycles. The van der Waals surface area contributed by atoms with Crippen molar-refractivity contribution in [2.75, 3.05) is 6.61 Å². The predicted molar refractivity (Wildman–Crippen MR) is 20.0 cm³/mol. The molecule has 0 atom stereocenters. The van der Waals surface area contributed by atoms with E-state index in [9.17, 15) is 18.0 Å². The van der Waals surface area contributed by atoms with Crippen LogP contribution in [0.15, 0.2) is 0 Å². The van der Waals surface area contributed by atoms with Gasteiger partial charge in [0.1, 0.15) is 0 Å². The summed E-state index contributed by atoms with van der Waals surface area (Å²) in [4.78, 5) is 9.32. The van der Waals surface area contributed by atoms with Crippen LogP contribution in [0.4, 0.5) is 18.0 Å². The van der Waals surface area contributed by atoms with Crippen molar-refractivity contribution in [2.45, 2.75) is 6.18 Å². The Kier molecular flexibility index (Phi) is 2.29. The lowest BCUT2D eigenvalue weighted by Crippen LogP contribution is -2.19. The van der Waals surface area contributed by atoms with Crippen LogP contribution in [0.3, 0.4) is 0 Å². The maximum atomic E-state index is 11.0. The Balaban J connectivity index is 3.39. The highest BCUT2D eigenvalue weighted by atomic mass is 19.4. The molecule has 1 N–H and O–H groups in total. The molecule has 0 aromatic heterocycles. The monoisotopic (exact) mass is 144 g/mol. The van der Waals surface area contributed by atoms with E-state index in [1.54, 1.807) is 0 Å². The van der Waals surface area contributed by atoms with Crippen molar-refractivity contribution in [3.8, 4) is 0 Å². The average Bonchev–Trinajstić information content (AvgIpc) is 1.59. The molecule has 0 aromatic carbocycles. The highest BCUT2D eigenvalue weighted by Crippen LogP contribution is 2.13. The topological polar surface area (TPSA) is 46.5 Å². The smallest absolute Gasteiger partial charge is 0.450 e. The second-order valence-electron chi connectivity index (χ2n) is 1.17. The summed E-state index contributed by atoms with van der Waals surface area (Å²) in [5.74, 6) is 0. The average molecular weight is 144 g/mol. The Morgan fingerprint density at radius 1 is 1.56 bits per heavy atom. The zero-order valence-electron chi connectivity index (χ0n) is 4.10. The Bertz CT molecular complexity index is 107. The molecule has 9 heavy (non-hydrogen) atoms. The molecule has 0 rings (SSSR count). The van der Waals surface area contributed by atoms with E-state index in [4.69, 9.17) is 5.11 Å². The fourth-order valence-electron chi connectivity index (χ4n) is 0.144. The van der Waals surface area contributed by atoms with Gasteiger partial charge in [0.2, 0.25) is 0 Å². The SMILES string of the molecule is O=C(O)OCC(F)(F)F. The van der Waals surface area contributed by atoms with Gasteiger partial charge < -0.3 is 9.84 Å². The van der Waals surface area contributed by atoms with Crippen LogP contribution >= 0.6 is 0 Å². The number of alkyl halides is 3. The molecular weight excluding hydrogens is 141 g/mol. The fraction of sp³-hybridized carbons (Fsp3) is 0.667. The van der Waals surface area contributed by atoms with Gasteiger partial charge in [-0.3, -0.25) is 0 Å². The maximum absolute atomic E-state index is 11.0. The minimum atomic E-state index is -4.57. The molecule has 0 fully saturated rings. The molecule has 54 valence electrons. The summed E-state index contributed by atoms with van der Waals surface area (Å²) < 4.78 is 36.3. The Morgan fingerprint density at radius 3 is 2.11 bits per heavy atom. The Labute approximate surface area is 48.0 Å². The number of hydrogen-bond acceptors (Lipinski definition) is 2. The van der Waals surface area contributed by atoms with Crippen molar-refractivity contribution in [2.24, 2.45) is 0 Å². The van der Waals surface area contributed by atoms with Crippen LogP contribution in [-0.2, 0) is 4.74 Å². The summed E-state index contributed by atoms with van der Waals surface area (Å²) in [7, 11) is 0. The van der Waals surface area contributed by atoms with Gasteiger partial charge in [-0.25, -0.2) is 4.79 Å². The van der Waals surface area contributed by atoms with E-state index >= 15 is 0 Å². The number of hydrogen-bond donors (Lipinski definition) is 1. The molecule has 0 spiro atoms. The molecule has 0 unspecified atom stereocenters. The van der Waals surface area contributed by atoms with Gasteiger partial charge >= 0.3 is 12.3 Å². The fourth-order valence-corrected chi connectivity index (χ4v) is 0.144. The third kappa shape index (κ3) is 7.06. The zero-order chi connectivity index (χ0) is 7.49. The van der Waals surface area contributed by atoms with Crippen molar-refractivity contribution in [1.29, 1.82) is 0 Å². The third-order valence-electron chi connectivity index (χ3n) is 0.359. The predicted octanol–water partition coefficient (Wildman–Crippen LogP) is 1.24. The first-order chi connectivity index (χ1) is 3.92. The van der Waals surface area contributed by atoms with Crippen LogP contribution in [0, 0.1) is 0 Å². The van der Waals surface area contributed by atoms with Gasteiger partial charge in [0.25, 0.3) is 0 Å². The van der Waals surface area contributed by atoms with E-state index in [1.807, 2.05) is 0 Å². The van der Waals surface area contributed by atoms with E-state index in [-0.39, 0.29) is 0 Å². The second-order valence-corrected chi connectivity index (χ2v) is 1.17. The number of halogens is 3. The molecule has 0 saturated carbocycles. The van der Waals surface area contributed by atoms with Crippen molar-refractivity contribution in [3.05, 3.63) is 0 Å². The van der Waals surface area contributed by atoms with E-state index < -0.39 is 18.9 Å². The van der Waals surface area contributed by atoms with Crippen LogP contribution in [-0.4, -0.2) is 24.0 Å². The van der Waals surface area contributed by atoms with Crippen molar-refractivity contribution < 1.29 is 27.8 Å². The highest BCUT2D eigenvalue weighted by molar-refractivity contribution is 5.56. The number of ether oxygens (including phenoxy) is 1. The molecule has 3 nitrogen and oxygen atoms in total. The van der Waals surface area contributed by atoms with Crippen molar-refractivity contribution in [3.63, 3.8) is 0 Å². The first-order valence-electron chi connectivity index (χ1n) is 1.84. The summed E-state index contributed by atoms with van der Waals surface area (Å²) >= 11 is 0. The number of carboxylic acid groups (broad SMARTS) is 1. The van der Waals surface area contributed by atoms with Gasteiger partial charge in [-0.2, -0.15) is 13.2 Å². The minimum absolute atomic E-state index is 1.75. The minimum Gasteiger partial charge on any atom is -0.450 e. The summed E-state index contributed by atoms with van der Waals surface area (Å²) in [6, 6.07) is 0. The van der Waals surface area contributed by atoms with Gasteiger partial charge in [-0.05, 0) is 0 Å². The van der Waals surface area contributed by atoms with E-state index in [0.717, 1.165) is 0 Å². The molecule has 0 radical (unpaired) electrons. The quantitative estimate of drug-likeness (QED) is 0.563. The molecule has 0 aliphatic rings. The van der Waals surface area contributed by atoms with Gasteiger partial charge in [0.05, 0.1) is 0 Å². The van der Waals surface area contributed by atoms with Crippen molar-refractivity contribution >= 4 is 6.16 Å². The van der Waals surface area contributed by atoms with E-state index in [1.165, 1.54) is 0 Å². The lowest BCUT2D eigenvalue weighted by Gasteiger charge is -2.02. The summed E-state index contributed by atoms with van der Waals surface area (Å²) in [6.45, 7) is -1.75. The molecule has 0 heterocycles. The second kappa shape index (κ2) is 2.56. The van der Waals surface area contributed by atoms with Gasteiger partial charge in [0, 0.05) is 0 Å². The largest absolute Gasteiger partial charge is 0.506 e. The number of rotatable bonds is 1. The number of carbonyl (C=O) groups is 1. The van der Waals surface area contributed by atoms with Gasteiger partial charge in [0.15, 0.2) is 6.61 Å².